The second-order valence-electron chi connectivity index (χ2n) is 4.63. The molecule has 1 atom stereocenters. The SMILES string of the molecule is CN1C(=O)CCC(Nc2nc3ccccc3[nH]2)C1=O. The number of likely N-dealkylation sites (tertiary alicyclic amines) is 1. The molecule has 1 aromatic heterocycles. The number of fused-ring (bicyclic) bond motifs is 1. The molecule has 1 aliphatic rings. The summed E-state index contributed by atoms with van der Waals surface area (Å²) in [4.78, 5) is 32.0. The Kier molecular flexibility index (Phi) is 2.70. The number of aromatic amines is 1. The van der Waals surface area contributed by atoms with E-state index in [1.165, 1.54) is 11.9 Å². The molecule has 1 fully saturated rings. The van der Waals surface area contributed by atoms with Gasteiger partial charge in [-0.15, -0.1) is 0 Å². The number of benzene rings is 1. The largest absolute Gasteiger partial charge is 0.344 e. The first kappa shape index (κ1) is 11.7. The molecule has 2 N–H and O–H groups in total. The van der Waals surface area contributed by atoms with E-state index in [9.17, 15) is 9.59 Å². The van der Waals surface area contributed by atoms with E-state index >= 15 is 0 Å². The molecule has 3 rings (SSSR count). The van der Waals surface area contributed by atoms with Gasteiger partial charge in [0.15, 0.2) is 0 Å². The van der Waals surface area contributed by atoms with Gasteiger partial charge in [0.25, 0.3) is 5.91 Å². The van der Waals surface area contributed by atoms with E-state index in [1.54, 1.807) is 0 Å². The Morgan fingerprint density at radius 3 is 2.95 bits per heavy atom. The number of amides is 2. The number of para-hydroxylation sites is 2. The van der Waals surface area contributed by atoms with Crippen LogP contribution >= 0.6 is 0 Å². The van der Waals surface area contributed by atoms with E-state index in [2.05, 4.69) is 15.3 Å². The number of carbonyl (C=O) groups is 2. The van der Waals surface area contributed by atoms with Gasteiger partial charge in [0.05, 0.1) is 11.0 Å². The third-order valence-corrected chi connectivity index (χ3v) is 3.35. The third kappa shape index (κ3) is 2.05. The highest BCUT2D eigenvalue weighted by atomic mass is 16.2. The Morgan fingerprint density at radius 1 is 1.37 bits per heavy atom. The molecule has 1 unspecified atom stereocenters. The number of anilines is 1. The van der Waals surface area contributed by atoms with Gasteiger partial charge in [-0.2, -0.15) is 0 Å². The van der Waals surface area contributed by atoms with Gasteiger partial charge in [0.1, 0.15) is 6.04 Å². The molecule has 0 bridgehead atoms. The van der Waals surface area contributed by atoms with E-state index in [0.29, 0.717) is 18.8 Å². The molecule has 2 aromatic rings. The number of H-pyrrole nitrogens is 1. The number of imidazole rings is 1. The Bertz CT molecular complexity index is 616. The van der Waals surface area contributed by atoms with Gasteiger partial charge in [0.2, 0.25) is 11.9 Å². The second kappa shape index (κ2) is 4.38. The zero-order valence-electron chi connectivity index (χ0n) is 10.5. The monoisotopic (exact) mass is 258 g/mol. The Hall–Kier alpha value is -2.37. The third-order valence-electron chi connectivity index (χ3n) is 3.35. The van der Waals surface area contributed by atoms with Crippen LogP contribution in [0.5, 0.6) is 0 Å². The molecule has 6 nitrogen and oxygen atoms in total. The molecule has 19 heavy (non-hydrogen) atoms. The summed E-state index contributed by atoms with van der Waals surface area (Å²) in [6, 6.07) is 7.25. The number of nitrogens with one attached hydrogen (secondary N) is 2. The van der Waals surface area contributed by atoms with Crippen molar-refractivity contribution >= 4 is 28.8 Å². The van der Waals surface area contributed by atoms with Gasteiger partial charge < -0.3 is 10.3 Å². The summed E-state index contributed by atoms with van der Waals surface area (Å²) in [6.45, 7) is 0. The van der Waals surface area contributed by atoms with Crippen LogP contribution in [0.3, 0.4) is 0 Å². The predicted molar refractivity (Wildman–Crippen MR) is 70.5 cm³/mol. The van der Waals surface area contributed by atoms with Crippen molar-refractivity contribution in [3.8, 4) is 0 Å². The number of piperidine rings is 1. The van der Waals surface area contributed by atoms with E-state index in [4.69, 9.17) is 0 Å². The molecule has 6 heteroatoms. The quantitative estimate of drug-likeness (QED) is 0.791. The average Bonchev–Trinajstić information content (AvgIpc) is 2.82. The zero-order chi connectivity index (χ0) is 13.4. The maximum atomic E-state index is 12.0. The molecule has 2 amide bonds. The molecule has 98 valence electrons. The lowest BCUT2D eigenvalue weighted by Gasteiger charge is -2.27. The van der Waals surface area contributed by atoms with Crippen LogP contribution in [0.25, 0.3) is 11.0 Å². The maximum absolute atomic E-state index is 12.0. The Balaban J connectivity index is 1.81. The summed E-state index contributed by atoms with van der Waals surface area (Å²) in [5.41, 5.74) is 1.76. The number of carbonyl (C=O) groups excluding carboxylic acids is 2. The lowest BCUT2D eigenvalue weighted by atomic mass is 10.1. The number of hydrogen-bond acceptors (Lipinski definition) is 4. The number of rotatable bonds is 2. The van der Waals surface area contributed by atoms with Crippen molar-refractivity contribution < 1.29 is 9.59 Å². The standard InChI is InChI=1S/C13H14N4O2/c1-17-11(18)7-6-10(12(17)19)16-13-14-8-4-2-3-5-9(8)15-13/h2-5,10H,6-7H2,1H3,(H2,14,15,16). The van der Waals surface area contributed by atoms with Gasteiger partial charge in [-0.3, -0.25) is 14.5 Å². The lowest BCUT2D eigenvalue weighted by Crippen LogP contribution is -2.48. The van der Waals surface area contributed by atoms with Crippen LogP contribution in [-0.4, -0.2) is 39.8 Å². The van der Waals surface area contributed by atoms with Crippen molar-refractivity contribution in [2.75, 3.05) is 12.4 Å². The van der Waals surface area contributed by atoms with Crippen LogP contribution in [0.2, 0.25) is 0 Å². The molecule has 0 aliphatic carbocycles. The van der Waals surface area contributed by atoms with Crippen LogP contribution in [0.4, 0.5) is 5.95 Å². The van der Waals surface area contributed by atoms with Gasteiger partial charge in [-0.25, -0.2) is 4.98 Å². The van der Waals surface area contributed by atoms with E-state index < -0.39 is 6.04 Å². The van der Waals surface area contributed by atoms with Crippen LogP contribution in [0.15, 0.2) is 24.3 Å². The van der Waals surface area contributed by atoms with E-state index in [0.717, 1.165) is 11.0 Å². The second-order valence-corrected chi connectivity index (χ2v) is 4.63. The minimum atomic E-state index is -0.400. The number of aromatic nitrogens is 2. The predicted octanol–water partition coefficient (Wildman–Crippen LogP) is 1.12. The molecular formula is C13H14N4O2. The highest BCUT2D eigenvalue weighted by molar-refractivity contribution is 6.01. The summed E-state index contributed by atoms with van der Waals surface area (Å²) in [5.74, 6) is 0.215. The first-order valence-corrected chi connectivity index (χ1v) is 6.17. The van der Waals surface area contributed by atoms with Crippen molar-refractivity contribution in [1.29, 1.82) is 0 Å². The first-order chi connectivity index (χ1) is 9.15. The molecular weight excluding hydrogens is 244 g/mol. The van der Waals surface area contributed by atoms with Crippen molar-refractivity contribution in [1.82, 2.24) is 14.9 Å². The minimum Gasteiger partial charge on any atom is -0.344 e. The van der Waals surface area contributed by atoms with Crippen LogP contribution in [0, 0.1) is 0 Å². The fraction of sp³-hybridized carbons (Fsp3) is 0.308. The lowest BCUT2D eigenvalue weighted by molar-refractivity contribution is -0.146. The van der Waals surface area contributed by atoms with Crippen molar-refractivity contribution in [2.45, 2.75) is 18.9 Å². The van der Waals surface area contributed by atoms with Crippen molar-refractivity contribution in [2.24, 2.45) is 0 Å². The van der Waals surface area contributed by atoms with Crippen molar-refractivity contribution in [3.63, 3.8) is 0 Å². The summed E-state index contributed by atoms with van der Waals surface area (Å²) in [5, 5.41) is 3.06. The summed E-state index contributed by atoms with van der Waals surface area (Å²) in [6.07, 6.45) is 0.874. The summed E-state index contributed by atoms with van der Waals surface area (Å²) >= 11 is 0. The average molecular weight is 258 g/mol. The number of nitrogens with zero attached hydrogens (tertiary/aromatic N) is 2. The Morgan fingerprint density at radius 2 is 2.16 bits per heavy atom. The highest BCUT2D eigenvalue weighted by Gasteiger charge is 2.32. The molecule has 0 saturated carbocycles. The molecule has 0 spiro atoms. The molecule has 1 saturated heterocycles. The van der Waals surface area contributed by atoms with Crippen LogP contribution < -0.4 is 5.32 Å². The van der Waals surface area contributed by atoms with Gasteiger partial charge >= 0.3 is 0 Å². The minimum absolute atomic E-state index is 0.132. The van der Waals surface area contributed by atoms with E-state index in [1.807, 2.05) is 24.3 Å². The Labute approximate surface area is 109 Å². The molecule has 1 aliphatic heterocycles. The normalized spacial score (nSPS) is 20.1. The van der Waals surface area contributed by atoms with Gasteiger partial charge in [-0.1, -0.05) is 12.1 Å². The smallest absolute Gasteiger partial charge is 0.251 e. The number of likely N-dealkylation sites (N-methyl/N-ethyl adjacent to an activating group) is 1. The van der Waals surface area contributed by atoms with Crippen molar-refractivity contribution in [3.05, 3.63) is 24.3 Å². The van der Waals surface area contributed by atoms with Crippen LogP contribution in [0.1, 0.15) is 12.8 Å². The topological polar surface area (TPSA) is 78.1 Å². The molecule has 2 heterocycles. The number of imide groups is 1. The zero-order valence-corrected chi connectivity index (χ0v) is 10.5. The first-order valence-electron chi connectivity index (χ1n) is 6.17. The molecule has 0 radical (unpaired) electrons. The van der Waals surface area contributed by atoms with E-state index in [-0.39, 0.29) is 11.8 Å². The maximum Gasteiger partial charge on any atom is 0.251 e. The summed E-state index contributed by atoms with van der Waals surface area (Å²) in [7, 11) is 1.51. The van der Waals surface area contributed by atoms with Crippen LogP contribution in [-0.2, 0) is 9.59 Å². The summed E-state index contributed by atoms with van der Waals surface area (Å²) < 4.78 is 0. The fourth-order valence-corrected chi connectivity index (χ4v) is 2.24. The molecule has 1 aromatic carbocycles. The fourth-order valence-electron chi connectivity index (χ4n) is 2.24. The highest BCUT2D eigenvalue weighted by Crippen LogP contribution is 2.18. The van der Waals surface area contributed by atoms with Gasteiger partial charge in [-0.05, 0) is 18.6 Å². The van der Waals surface area contributed by atoms with Gasteiger partial charge in [0, 0.05) is 13.5 Å². The number of hydrogen-bond donors (Lipinski definition) is 2.